The second-order valence-corrected chi connectivity index (χ2v) is 2.51. The van der Waals surface area contributed by atoms with Gasteiger partial charge in [0, 0.05) is 0 Å². The highest BCUT2D eigenvalue weighted by Crippen LogP contribution is 2.08. The zero-order valence-corrected chi connectivity index (χ0v) is 6.90. The molecule has 0 heterocycles. The van der Waals surface area contributed by atoms with Gasteiger partial charge in [0.15, 0.2) is 0 Å². The lowest BCUT2D eigenvalue weighted by molar-refractivity contribution is 1.21. The van der Waals surface area contributed by atoms with E-state index in [-0.39, 0.29) is 0 Å². The Labute approximate surface area is 59.4 Å². The van der Waals surface area contributed by atoms with Crippen molar-refractivity contribution in [2.45, 2.75) is 20.3 Å². The lowest BCUT2D eigenvalue weighted by Gasteiger charge is -1.84. The summed E-state index contributed by atoms with van der Waals surface area (Å²) in [5.41, 5.74) is 0. The molecule has 0 amide bonds. The molecule has 0 N–H and O–H groups in total. The summed E-state index contributed by atoms with van der Waals surface area (Å²) in [6.45, 7) is 4.12. The monoisotopic (exact) mass is 174 g/mol. The van der Waals surface area contributed by atoms with Crippen molar-refractivity contribution in [3.8, 4) is 0 Å². The van der Waals surface area contributed by atoms with Gasteiger partial charge >= 0.3 is 0 Å². The highest BCUT2D eigenvalue weighted by atomic mass is 79.9. The fraction of sp³-hybridized carbons (Fsp3) is 0.429. The van der Waals surface area contributed by atoms with E-state index in [0.717, 1.165) is 6.42 Å². The minimum Gasteiger partial charge on any atom is -0.0876 e. The van der Waals surface area contributed by atoms with Gasteiger partial charge in [0.1, 0.15) is 0 Å². The van der Waals surface area contributed by atoms with Crippen LogP contribution in [-0.4, -0.2) is 0 Å². The predicted octanol–water partition coefficient (Wildman–Crippen LogP) is 3.25. The normalized spacial score (nSPS) is 13.1. The molecule has 0 atom stereocenters. The molecule has 0 aliphatic heterocycles. The van der Waals surface area contributed by atoms with Crippen LogP contribution in [0.4, 0.5) is 0 Å². The van der Waals surface area contributed by atoms with E-state index >= 15 is 0 Å². The van der Waals surface area contributed by atoms with Crippen LogP contribution in [0.1, 0.15) is 20.3 Å². The topological polar surface area (TPSA) is 0 Å². The van der Waals surface area contributed by atoms with Gasteiger partial charge in [-0.3, -0.25) is 0 Å². The largest absolute Gasteiger partial charge is 0.0876 e. The highest BCUT2D eigenvalue weighted by Gasteiger charge is 1.78. The Hall–Kier alpha value is -0.0400. The lowest BCUT2D eigenvalue weighted by Crippen LogP contribution is -1.60. The van der Waals surface area contributed by atoms with Gasteiger partial charge in [-0.2, -0.15) is 0 Å². The van der Waals surface area contributed by atoms with Gasteiger partial charge in [-0.15, -0.1) is 0 Å². The third-order valence-electron chi connectivity index (χ3n) is 0.807. The first-order valence-electron chi connectivity index (χ1n) is 2.78. The molecule has 0 saturated heterocycles. The molecule has 0 saturated carbocycles. The lowest BCUT2D eigenvalue weighted by atomic mass is 10.4. The first-order valence-corrected chi connectivity index (χ1v) is 3.58. The first-order chi connectivity index (χ1) is 3.81. The number of allylic oxidation sites excluding steroid dienone is 4. The molecule has 0 radical (unpaired) electrons. The third kappa shape index (κ3) is 4.13. The van der Waals surface area contributed by atoms with Gasteiger partial charge in [0.25, 0.3) is 0 Å². The maximum absolute atomic E-state index is 3.39. The van der Waals surface area contributed by atoms with Crippen molar-refractivity contribution in [3.63, 3.8) is 0 Å². The first kappa shape index (κ1) is 7.96. The van der Waals surface area contributed by atoms with Crippen LogP contribution in [0.15, 0.2) is 22.7 Å². The van der Waals surface area contributed by atoms with Crippen molar-refractivity contribution in [2.75, 3.05) is 0 Å². The summed E-state index contributed by atoms with van der Waals surface area (Å²) in [5.74, 6) is 0. The minimum atomic E-state index is 1.07. The molecule has 0 rings (SSSR count). The molecule has 0 aromatic carbocycles. The molecule has 0 bridgehead atoms. The van der Waals surface area contributed by atoms with E-state index in [4.69, 9.17) is 0 Å². The summed E-state index contributed by atoms with van der Waals surface area (Å²) < 4.78 is 1.25. The van der Waals surface area contributed by atoms with Crippen molar-refractivity contribution in [2.24, 2.45) is 0 Å². The Kier molecular flexibility index (Phi) is 5.08. The molecule has 0 aromatic heterocycles. The van der Waals surface area contributed by atoms with Crippen LogP contribution < -0.4 is 0 Å². The van der Waals surface area contributed by atoms with Gasteiger partial charge in [-0.05, 0) is 17.8 Å². The maximum Gasteiger partial charge on any atom is -0.00522 e. The molecule has 8 heavy (non-hydrogen) atoms. The summed E-state index contributed by atoms with van der Waals surface area (Å²) in [4.78, 5) is 0. The van der Waals surface area contributed by atoms with E-state index in [1.165, 1.54) is 4.48 Å². The number of hydrogen-bond acceptors (Lipinski definition) is 0. The summed E-state index contributed by atoms with van der Waals surface area (Å²) in [5, 5.41) is 0. The van der Waals surface area contributed by atoms with Gasteiger partial charge in [-0.25, -0.2) is 0 Å². The van der Waals surface area contributed by atoms with Crippen molar-refractivity contribution < 1.29 is 0 Å². The average molecular weight is 175 g/mol. The summed E-state index contributed by atoms with van der Waals surface area (Å²) in [7, 11) is 0. The maximum atomic E-state index is 3.39. The molecule has 46 valence electrons. The van der Waals surface area contributed by atoms with Crippen LogP contribution in [0.5, 0.6) is 0 Å². The van der Waals surface area contributed by atoms with E-state index in [1.807, 2.05) is 19.1 Å². The summed E-state index contributed by atoms with van der Waals surface area (Å²) >= 11 is 3.39. The zero-order chi connectivity index (χ0) is 6.41. The van der Waals surface area contributed by atoms with E-state index in [0.29, 0.717) is 0 Å². The van der Waals surface area contributed by atoms with Crippen LogP contribution in [0.25, 0.3) is 0 Å². The molecule has 0 aliphatic rings. The molecule has 1 heteroatoms. The second kappa shape index (κ2) is 5.10. The SMILES string of the molecule is C/C=C\C=C(\Br)CC. The predicted molar refractivity (Wildman–Crippen MR) is 42.1 cm³/mol. The number of halogens is 1. The fourth-order valence-electron chi connectivity index (χ4n) is 0.318. The Morgan fingerprint density at radius 1 is 1.62 bits per heavy atom. The Balaban J connectivity index is 3.57. The summed E-state index contributed by atoms with van der Waals surface area (Å²) in [6, 6.07) is 0. The zero-order valence-electron chi connectivity index (χ0n) is 5.32. The highest BCUT2D eigenvalue weighted by molar-refractivity contribution is 9.11. The molecule has 0 aliphatic carbocycles. The van der Waals surface area contributed by atoms with Crippen LogP contribution in [0, 0.1) is 0 Å². The van der Waals surface area contributed by atoms with Gasteiger partial charge < -0.3 is 0 Å². The Morgan fingerprint density at radius 2 is 2.25 bits per heavy atom. The molecule has 0 fully saturated rings. The molecule has 0 aromatic rings. The number of rotatable bonds is 2. The van der Waals surface area contributed by atoms with E-state index in [9.17, 15) is 0 Å². The van der Waals surface area contributed by atoms with E-state index < -0.39 is 0 Å². The van der Waals surface area contributed by atoms with Gasteiger partial charge in [0.2, 0.25) is 0 Å². The smallest absolute Gasteiger partial charge is 0.00522 e. The van der Waals surface area contributed by atoms with Gasteiger partial charge in [0.05, 0.1) is 0 Å². The fourth-order valence-corrected chi connectivity index (χ4v) is 0.471. The second-order valence-electron chi connectivity index (χ2n) is 1.49. The third-order valence-corrected chi connectivity index (χ3v) is 1.63. The average Bonchev–Trinajstić information content (AvgIpc) is 1.83. The van der Waals surface area contributed by atoms with Gasteiger partial charge in [-0.1, -0.05) is 41.1 Å². The van der Waals surface area contributed by atoms with Crippen LogP contribution >= 0.6 is 15.9 Å². The quantitative estimate of drug-likeness (QED) is 0.565. The van der Waals surface area contributed by atoms with Crippen LogP contribution in [0.3, 0.4) is 0 Å². The minimum absolute atomic E-state index is 1.07. The molecular formula is C7H11Br. The Bertz CT molecular complexity index is 101. The standard InChI is InChI=1S/C7H11Br/c1-3-5-6-7(8)4-2/h3,5-6H,4H2,1-2H3/b5-3-,7-6+. The molecule has 0 nitrogen and oxygen atoms in total. The van der Waals surface area contributed by atoms with E-state index in [2.05, 4.69) is 28.9 Å². The van der Waals surface area contributed by atoms with Crippen LogP contribution in [0.2, 0.25) is 0 Å². The van der Waals surface area contributed by atoms with Crippen LogP contribution in [-0.2, 0) is 0 Å². The molecule has 0 unspecified atom stereocenters. The number of hydrogen-bond donors (Lipinski definition) is 0. The Morgan fingerprint density at radius 3 is 2.62 bits per heavy atom. The van der Waals surface area contributed by atoms with Crippen molar-refractivity contribution in [3.05, 3.63) is 22.7 Å². The van der Waals surface area contributed by atoms with Crippen molar-refractivity contribution in [1.29, 1.82) is 0 Å². The molecule has 0 spiro atoms. The summed E-state index contributed by atoms with van der Waals surface area (Å²) in [6.07, 6.45) is 7.16. The molecular weight excluding hydrogens is 164 g/mol. The van der Waals surface area contributed by atoms with E-state index in [1.54, 1.807) is 0 Å². The van der Waals surface area contributed by atoms with Crippen molar-refractivity contribution in [1.82, 2.24) is 0 Å². The van der Waals surface area contributed by atoms with Crippen molar-refractivity contribution >= 4 is 15.9 Å².